The molecule has 0 aromatic rings. The molecule has 0 fully saturated rings. The molecule has 0 aliphatic rings. The van der Waals surface area contributed by atoms with Gasteiger partial charge in [-0.3, -0.25) is 0 Å². The molecule has 0 aromatic heterocycles. The Morgan fingerprint density at radius 1 is 0.344 bits per heavy atom. The second-order valence-electron chi connectivity index (χ2n) is 4.58. The summed E-state index contributed by atoms with van der Waals surface area (Å²) in [4.78, 5) is 57.8. The van der Waals surface area contributed by atoms with Crippen LogP contribution in [0.15, 0.2) is 0 Å². The molecular weight excluding hydrogens is 522 g/mol. The Bertz CT molecular complexity index is 498. The first-order chi connectivity index (χ1) is 13.4. The van der Waals surface area contributed by atoms with Crippen molar-refractivity contribution in [2.45, 2.75) is 36.6 Å². The minimum absolute atomic E-state index is 0. The number of carbonyl (C=O) groups is 6. The minimum Gasteiger partial charge on any atom is -0.547 e. The number of carboxylic acid groups (broad SMARTS) is 6. The quantitative estimate of drug-likeness (QED) is 0.160. The summed E-state index contributed by atoms with van der Waals surface area (Å²) in [6, 6.07) is 0. The van der Waals surface area contributed by atoms with Gasteiger partial charge in [-0.05, 0) is 0 Å². The van der Waals surface area contributed by atoms with Gasteiger partial charge in [0.25, 0.3) is 0 Å². The number of aliphatic carboxylic acids is 6. The zero-order valence-corrected chi connectivity index (χ0v) is 18.8. The average molecular weight is 534 g/mol. The Kier molecular flexibility index (Phi) is 25.4. The van der Waals surface area contributed by atoms with E-state index in [1.807, 2.05) is 0 Å². The van der Waals surface area contributed by atoms with Crippen molar-refractivity contribution in [2.75, 3.05) is 0 Å². The summed E-state index contributed by atoms with van der Waals surface area (Å²) in [6.07, 6.45) is -14.6. The molecule has 174 valence electrons. The molecular formula is C12H12O18Sc2. The molecule has 0 bridgehead atoms. The van der Waals surface area contributed by atoms with Gasteiger partial charge in [-0.25, -0.2) is 0 Å². The number of carbonyl (C=O) groups excluding carboxylic acids is 6. The molecule has 0 spiro atoms. The third-order valence-corrected chi connectivity index (χ3v) is 2.35. The fourth-order valence-corrected chi connectivity index (χ4v) is 0.773. The van der Waals surface area contributed by atoms with Crippen LogP contribution in [0.3, 0.4) is 0 Å². The minimum atomic E-state index is -2.44. The van der Waals surface area contributed by atoms with Crippen LogP contribution in [0.1, 0.15) is 0 Å². The second kappa shape index (κ2) is 20.0. The number of aliphatic hydroxyl groups is 6. The van der Waals surface area contributed by atoms with Crippen molar-refractivity contribution >= 4 is 35.8 Å². The van der Waals surface area contributed by atoms with Crippen LogP contribution in [0.5, 0.6) is 0 Å². The monoisotopic (exact) mass is 534 g/mol. The van der Waals surface area contributed by atoms with Crippen molar-refractivity contribution in [3.05, 3.63) is 0 Å². The molecule has 0 radical (unpaired) electrons. The topological polar surface area (TPSA) is 362 Å². The first-order valence-electron chi connectivity index (χ1n) is 6.73. The predicted molar refractivity (Wildman–Crippen MR) is 66.1 cm³/mol. The van der Waals surface area contributed by atoms with Gasteiger partial charge in [-0.1, -0.05) is 0 Å². The van der Waals surface area contributed by atoms with E-state index in [1.165, 1.54) is 0 Å². The van der Waals surface area contributed by atoms with E-state index in [0.717, 1.165) is 0 Å². The van der Waals surface area contributed by atoms with Gasteiger partial charge in [0.2, 0.25) is 0 Å². The van der Waals surface area contributed by atoms with Gasteiger partial charge in [-0.2, -0.15) is 0 Å². The molecule has 0 heterocycles. The molecule has 0 saturated carbocycles. The maximum atomic E-state index is 9.63. The summed E-state index contributed by atoms with van der Waals surface area (Å²) in [7, 11) is 0. The first-order valence-corrected chi connectivity index (χ1v) is 6.73. The van der Waals surface area contributed by atoms with Crippen LogP contribution < -0.4 is 30.6 Å². The molecule has 18 nitrogen and oxygen atoms in total. The number of carboxylic acids is 6. The van der Waals surface area contributed by atoms with Crippen molar-refractivity contribution in [1.29, 1.82) is 0 Å². The summed E-state index contributed by atoms with van der Waals surface area (Å²) in [5, 5.41) is 107. The maximum Gasteiger partial charge on any atom is 3.00 e. The van der Waals surface area contributed by atoms with Crippen LogP contribution in [0.4, 0.5) is 0 Å². The summed E-state index contributed by atoms with van der Waals surface area (Å²) in [5.74, 6) is -12.4. The fourth-order valence-electron chi connectivity index (χ4n) is 0.773. The van der Waals surface area contributed by atoms with Crippen LogP contribution in [-0.2, 0) is 80.5 Å². The second-order valence-corrected chi connectivity index (χ2v) is 4.58. The molecule has 20 heteroatoms. The number of hydrogen-bond donors (Lipinski definition) is 6. The zero-order chi connectivity index (χ0) is 24.9. The normalized spacial score (nSPS) is 14.8. The van der Waals surface area contributed by atoms with E-state index in [0.29, 0.717) is 0 Å². The molecule has 6 N–H and O–H groups in total. The Morgan fingerprint density at radius 2 is 0.406 bits per heavy atom. The molecule has 6 atom stereocenters. The molecule has 0 saturated heterocycles. The van der Waals surface area contributed by atoms with Gasteiger partial charge >= 0.3 is 51.7 Å². The molecule has 0 aliphatic carbocycles. The molecule has 0 rings (SSSR count). The molecule has 0 aliphatic heterocycles. The van der Waals surface area contributed by atoms with E-state index in [2.05, 4.69) is 0 Å². The number of hydrogen-bond acceptors (Lipinski definition) is 18. The largest absolute Gasteiger partial charge is 3.00 e. The van der Waals surface area contributed by atoms with Crippen LogP contribution in [0.2, 0.25) is 0 Å². The van der Waals surface area contributed by atoms with Crippen molar-refractivity contribution in [3.63, 3.8) is 0 Å². The third-order valence-electron chi connectivity index (χ3n) is 2.35. The third kappa shape index (κ3) is 17.9. The van der Waals surface area contributed by atoms with E-state index in [9.17, 15) is 59.4 Å². The van der Waals surface area contributed by atoms with Gasteiger partial charge in [-0.15, -0.1) is 0 Å². The Balaban J connectivity index is -0.000000110. The van der Waals surface area contributed by atoms with E-state index in [-0.39, 0.29) is 51.7 Å². The molecule has 0 amide bonds. The van der Waals surface area contributed by atoms with Gasteiger partial charge in [0, 0.05) is 0 Å². The standard InChI is InChI=1S/3C4H6O6.2Sc/c3*5-1(3(7)8)2(6)4(9)10;;/h3*1-2,5-6H,(H,7,8)(H,9,10);;/q;;;2*+3/p-6. The van der Waals surface area contributed by atoms with E-state index in [4.69, 9.17) is 30.6 Å². The SMILES string of the molecule is O=C([O-])C(O)C(O)C(=O)[O-].O=C([O-])C(O)C(O)C(=O)[O-].O=C([O-])C(O)C(O)C(=O)[O-].[Sc+3].[Sc+3]. The summed E-state index contributed by atoms with van der Waals surface area (Å²) in [5.41, 5.74) is 0. The van der Waals surface area contributed by atoms with Crippen molar-refractivity contribution in [1.82, 2.24) is 0 Å². The van der Waals surface area contributed by atoms with E-state index < -0.39 is 72.4 Å². The van der Waals surface area contributed by atoms with Gasteiger partial charge < -0.3 is 90.0 Å². The molecule has 6 unspecified atom stereocenters. The average Bonchev–Trinajstić information content (AvgIpc) is 2.64. The van der Waals surface area contributed by atoms with Crippen molar-refractivity contribution in [3.8, 4) is 0 Å². The van der Waals surface area contributed by atoms with E-state index >= 15 is 0 Å². The molecule has 0 aromatic carbocycles. The smallest absolute Gasteiger partial charge is 0.547 e. The Morgan fingerprint density at radius 3 is 0.438 bits per heavy atom. The van der Waals surface area contributed by atoms with Crippen LogP contribution in [0, 0.1) is 0 Å². The van der Waals surface area contributed by atoms with Gasteiger partial charge in [0.05, 0.1) is 35.8 Å². The Hall–Kier alpha value is -1.68. The summed E-state index contributed by atoms with van der Waals surface area (Å²) >= 11 is 0. The summed E-state index contributed by atoms with van der Waals surface area (Å²) < 4.78 is 0. The number of aliphatic hydroxyl groups excluding tert-OH is 6. The van der Waals surface area contributed by atoms with Crippen LogP contribution in [-0.4, -0.2) is 103 Å². The Labute approximate surface area is 213 Å². The van der Waals surface area contributed by atoms with Crippen molar-refractivity contribution < 1.29 is 142 Å². The van der Waals surface area contributed by atoms with E-state index in [1.54, 1.807) is 0 Å². The number of rotatable bonds is 9. The zero-order valence-electron chi connectivity index (χ0n) is 15.2. The van der Waals surface area contributed by atoms with Gasteiger partial charge in [0.15, 0.2) is 0 Å². The van der Waals surface area contributed by atoms with Crippen molar-refractivity contribution in [2.24, 2.45) is 0 Å². The fraction of sp³-hybridized carbons (Fsp3) is 0.500. The van der Waals surface area contributed by atoms with Crippen LogP contribution >= 0.6 is 0 Å². The predicted octanol–water partition coefficient (Wildman–Crippen LogP) is -14.4. The first kappa shape index (κ1) is 40.7. The summed E-state index contributed by atoms with van der Waals surface area (Å²) in [6.45, 7) is 0. The maximum absolute atomic E-state index is 9.63. The van der Waals surface area contributed by atoms with Gasteiger partial charge in [0.1, 0.15) is 36.6 Å². The van der Waals surface area contributed by atoms with Crippen LogP contribution in [0.25, 0.3) is 0 Å². The molecule has 32 heavy (non-hydrogen) atoms.